The second-order valence-electron chi connectivity index (χ2n) is 3.66. The summed E-state index contributed by atoms with van der Waals surface area (Å²) in [6, 6.07) is 9.96. The lowest BCUT2D eigenvalue weighted by atomic mass is 10.2. The fourth-order valence-electron chi connectivity index (χ4n) is 1.40. The predicted molar refractivity (Wildman–Crippen MR) is 77.5 cm³/mol. The van der Waals surface area contributed by atoms with Crippen LogP contribution in [-0.2, 0) is 0 Å². The minimum atomic E-state index is 0.746. The van der Waals surface area contributed by atoms with Crippen LogP contribution in [0.4, 0.5) is 0 Å². The Morgan fingerprint density at radius 2 is 1.81 bits per heavy atom. The van der Waals surface area contributed by atoms with Gasteiger partial charge in [-0.15, -0.1) is 0 Å². The first-order chi connectivity index (χ1) is 7.93. The first-order valence-electron chi connectivity index (χ1n) is 5.88. The normalized spacial score (nSPS) is 10.3. The van der Waals surface area contributed by atoms with E-state index in [9.17, 15) is 0 Å². The van der Waals surface area contributed by atoms with Gasteiger partial charge in [0.25, 0.3) is 0 Å². The summed E-state index contributed by atoms with van der Waals surface area (Å²) < 4.78 is 6.84. The molecular formula is C13H20INO. The van der Waals surface area contributed by atoms with E-state index < -0.39 is 0 Å². The molecule has 16 heavy (non-hydrogen) atoms. The molecule has 0 saturated heterocycles. The van der Waals surface area contributed by atoms with E-state index in [1.807, 2.05) is 30.3 Å². The average Bonchev–Trinajstić information content (AvgIpc) is 2.34. The van der Waals surface area contributed by atoms with Crippen molar-refractivity contribution >= 4 is 22.6 Å². The molecule has 2 nitrogen and oxygen atoms in total. The van der Waals surface area contributed by atoms with Gasteiger partial charge in [0, 0.05) is 6.54 Å². The third-order valence-electron chi connectivity index (χ3n) is 2.28. The van der Waals surface area contributed by atoms with E-state index in [1.165, 1.54) is 23.7 Å². The zero-order valence-electron chi connectivity index (χ0n) is 9.62. The maximum Gasteiger partial charge on any atom is 0.119 e. The SMILES string of the molecule is ICCCCCNCCOc1ccccc1. The molecule has 1 aromatic rings. The largest absolute Gasteiger partial charge is 0.492 e. The second kappa shape index (κ2) is 9.90. The Morgan fingerprint density at radius 3 is 2.56 bits per heavy atom. The highest BCUT2D eigenvalue weighted by Crippen LogP contribution is 2.07. The molecule has 0 aliphatic heterocycles. The molecule has 0 unspecified atom stereocenters. The molecule has 1 rings (SSSR count). The van der Waals surface area contributed by atoms with Crippen LogP contribution in [0.3, 0.4) is 0 Å². The molecule has 0 aliphatic carbocycles. The van der Waals surface area contributed by atoms with Crippen LogP contribution in [-0.4, -0.2) is 24.1 Å². The van der Waals surface area contributed by atoms with Gasteiger partial charge < -0.3 is 10.1 Å². The number of unbranched alkanes of at least 4 members (excludes halogenated alkanes) is 2. The van der Waals surface area contributed by atoms with Crippen molar-refractivity contribution in [2.45, 2.75) is 19.3 Å². The van der Waals surface area contributed by atoms with E-state index in [-0.39, 0.29) is 0 Å². The zero-order chi connectivity index (χ0) is 11.5. The molecular weight excluding hydrogens is 313 g/mol. The van der Waals surface area contributed by atoms with Crippen molar-refractivity contribution in [1.82, 2.24) is 5.32 Å². The molecule has 1 aromatic carbocycles. The minimum absolute atomic E-state index is 0.746. The summed E-state index contributed by atoms with van der Waals surface area (Å²) in [5, 5.41) is 3.39. The molecule has 1 N–H and O–H groups in total. The number of alkyl halides is 1. The van der Waals surface area contributed by atoms with Crippen molar-refractivity contribution in [1.29, 1.82) is 0 Å². The fourth-order valence-corrected chi connectivity index (χ4v) is 1.94. The Kier molecular flexibility index (Phi) is 8.52. The monoisotopic (exact) mass is 333 g/mol. The standard InChI is InChI=1S/C13H20INO/c14-9-5-2-6-10-15-11-12-16-13-7-3-1-4-8-13/h1,3-4,7-8,15H,2,5-6,9-12H2. The maximum absolute atomic E-state index is 5.57. The van der Waals surface area contributed by atoms with Gasteiger partial charge in [0.1, 0.15) is 12.4 Å². The van der Waals surface area contributed by atoms with E-state index in [2.05, 4.69) is 27.9 Å². The first kappa shape index (κ1) is 13.8. The molecule has 0 heterocycles. The smallest absolute Gasteiger partial charge is 0.119 e. The van der Waals surface area contributed by atoms with Crippen LogP contribution in [0.25, 0.3) is 0 Å². The number of hydrogen-bond acceptors (Lipinski definition) is 2. The molecule has 0 aliphatic rings. The van der Waals surface area contributed by atoms with Crippen molar-refractivity contribution in [3.63, 3.8) is 0 Å². The van der Waals surface area contributed by atoms with E-state index in [1.54, 1.807) is 0 Å². The van der Waals surface area contributed by atoms with Crippen LogP contribution in [0.2, 0.25) is 0 Å². The molecule has 0 aromatic heterocycles. The summed E-state index contributed by atoms with van der Waals surface area (Å²) in [6.07, 6.45) is 3.94. The summed E-state index contributed by atoms with van der Waals surface area (Å²) in [5.41, 5.74) is 0. The number of nitrogens with one attached hydrogen (secondary N) is 1. The highest BCUT2D eigenvalue weighted by molar-refractivity contribution is 14.1. The molecule has 0 atom stereocenters. The predicted octanol–water partition coefficient (Wildman–Crippen LogP) is 3.26. The maximum atomic E-state index is 5.57. The Bertz CT molecular complexity index is 253. The van der Waals surface area contributed by atoms with Gasteiger partial charge in [0.05, 0.1) is 0 Å². The molecule has 0 bridgehead atoms. The van der Waals surface area contributed by atoms with Gasteiger partial charge in [-0.25, -0.2) is 0 Å². The van der Waals surface area contributed by atoms with Crippen LogP contribution in [0.5, 0.6) is 5.75 Å². The third-order valence-corrected chi connectivity index (χ3v) is 3.04. The second-order valence-corrected chi connectivity index (χ2v) is 4.74. The summed E-state index contributed by atoms with van der Waals surface area (Å²) in [4.78, 5) is 0. The Hall–Kier alpha value is -0.290. The fraction of sp³-hybridized carbons (Fsp3) is 0.538. The number of ether oxygens (including phenoxy) is 1. The van der Waals surface area contributed by atoms with Crippen LogP contribution >= 0.6 is 22.6 Å². The summed E-state index contributed by atoms with van der Waals surface area (Å²) in [5.74, 6) is 0.953. The van der Waals surface area contributed by atoms with E-state index in [4.69, 9.17) is 4.74 Å². The lowest BCUT2D eigenvalue weighted by Gasteiger charge is -2.07. The van der Waals surface area contributed by atoms with Crippen molar-refractivity contribution in [2.75, 3.05) is 24.1 Å². The van der Waals surface area contributed by atoms with Crippen LogP contribution in [0.1, 0.15) is 19.3 Å². The number of para-hydroxylation sites is 1. The Morgan fingerprint density at radius 1 is 1.00 bits per heavy atom. The number of rotatable bonds is 9. The third kappa shape index (κ3) is 7.06. The van der Waals surface area contributed by atoms with Gasteiger partial charge in [-0.3, -0.25) is 0 Å². The molecule has 0 spiro atoms. The topological polar surface area (TPSA) is 21.3 Å². The highest BCUT2D eigenvalue weighted by atomic mass is 127. The first-order valence-corrected chi connectivity index (χ1v) is 7.40. The van der Waals surface area contributed by atoms with E-state index >= 15 is 0 Å². The van der Waals surface area contributed by atoms with E-state index in [0.29, 0.717) is 0 Å². The Balaban J connectivity index is 1.89. The summed E-state index contributed by atoms with van der Waals surface area (Å²) in [6.45, 7) is 2.78. The summed E-state index contributed by atoms with van der Waals surface area (Å²) in [7, 11) is 0. The molecule has 3 heteroatoms. The summed E-state index contributed by atoms with van der Waals surface area (Å²) >= 11 is 2.43. The molecule has 90 valence electrons. The quantitative estimate of drug-likeness (QED) is 0.425. The molecule has 0 saturated carbocycles. The highest BCUT2D eigenvalue weighted by Gasteiger charge is 1.91. The number of hydrogen-bond donors (Lipinski definition) is 1. The van der Waals surface area contributed by atoms with E-state index in [0.717, 1.165) is 25.4 Å². The van der Waals surface area contributed by atoms with Gasteiger partial charge in [-0.1, -0.05) is 47.2 Å². The van der Waals surface area contributed by atoms with Gasteiger partial charge in [0.2, 0.25) is 0 Å². The van der Waals surface area contributed by atoms with Gasteiger partial charge >= 0.3 is 0 Å². The average molecular weight is 333 g/mol. The van der Waals surface area contributed by atoms with Crippen LogP contribution < -0.4 is 10.1 Å². The minimum Gasteiger partial charge on any atom is -0.492 e. The van der Waals surface area contributed by atoms with Gasteiger partial charge in [0.15, 0.2) is 0 Å². The van der Waals surface area contributed by atoms with Crippen LogP contribution in [0.15, 0.2) is 30.3 Å². The lowest BCUT2D eigenvalue weighted by Crippen LogP contribution is -2.22. The number of benzene rings is 1. The van der Waals surface area contributed by atoms with Crippen molar-refractivity contribution in [2.24, 2.45) is 0 Å². The molecule has 0 radical (unpaired) electrons. The molecule has 0 amide bonds. The molecule has 0 fully saturated rings. The Labute approximate surface area is 112 Å². The number of halogens is 1. The zero-order valence-corrected chi connectivity index (χ0v) is 11.8. The van der Waals surface area contributed by atoms with Crippen molar-refractivity contribution in [3.8, 4) is 5.75 Å². The van der Waals surface area contributed by atoms with Crippen molar-refractivity contribution < 1.29 is 4.74 Å². The van der Waals surface area contributed by atoms with Crippen molar-refractivity contribution in [3.05, 3.63) is 30.3 Å². The van der Waals surface area contributed by atoms with Crippen LogP contribution in [0, 0.1) is 0 Å². The van der Waals surface area contributed by atoms with Gasteiger partial charge in [-0.2, -0.15) is 0 Å². The van der Waals surface area contributed by atoms with Gasteiger partial charge in [-0.05, 0) is 35.9 Å². The lowest BCUT2D eigenvalue weighted by molar-refractivity contribution is 0.313.